The van der Waals surface area contributed by atoms with E-state index in [9.17, 15) is 0 Å². The van der Waals surface area contributed by atoms with Crippen LogP contribution in [-0.2, 0) is 0 Å². The Balaban J connectivity index is 2.37. The minimum Gasteiger partial charge on any atom is -0.327 e. The molecule has 0 aliphatic heterocycles. The number of hydrogen-bond donors (Lipinski definition) is 1. The molecule has 0 spiro atoms. The molecule has 0 amide bonds. The lowest BCUT2D eigenvalue weighted by Gasteiger charge is -2.27. The normalized spacial score (nSPS) is 29.5. The van der Waals surface area contributed by atoms with Crippen LogP contribution in [0.1, 0.15) is 40.0 Å². The van der Waals surface area contributed by atoms with Gasteiger partial charge in [0, 0.05) is 18.6 Å². The molecule has 0 aromatic carbocycles. The maximum absolute atomic E-state index is 5.79. The van der Waals surface area contributed by atoms with Crippen LogP contribution in [0.3, 0.4) is 0 Å². The highest BCUT2D eigenvalue weighted by molar-refractivity contribution is 4.87. The molecule has 2 atom stereocenters. The Kier molecular flexibility index (Phi) is 3.36. The molecule has 1 fully saturated rings. The quantitative estimate of drug-likeness (QED) is 0.725. The van der Waals surface area contributed by atoms with Crippen LogP contribution >= 0.6 is 0 Å². The molecule has 0 bridgehead atoms. The minimum atomic E-state index is 0.300. The first kappa shape index (κ1) is 11.0. The first-order chi connectivity index (χ1) is 5.91. The average molecular weight is 184 g/mol. The van der Waals surface area contributed by atoms with Gasteiger partial charge in [-0.1, -0.05) is 13.8 Å². The third kappa shape index (κ3) is 3.28. The summed E-state index contributed by atoms with van der Waals surface area (Å²) in [4.78, 5) is 2.43. The Bertz CT molecular complexity index is 163. The van der Waals surface area contributed by atoms with Crippen LogP contribution in [0.25, 0.3) is 0 Å². The van der Waals surface area contributed by atoms with Gasteiger partial charge in [0.05, 0.1) is 0 Å². The summed E-state index contributed by atoms with van der Waals surface area (Å²) in [6, 6.07) is 1.06. The largest absolute Gasteiger partial charge is 0.327 e. The molecule has 0 heterocycles. The zero-order chi connectivity index (χ0) is 10.1. The maximum Gasteiger partial charge on any atom is 0.0139 e. The van der Waals surface area contributed by atoms with E-state index in [2.05, 4.69) is 32.7 Å². The molecule has 2 nitrogen and oxygen atoms in total. The van der Waals surface area contributed by atoms with Crippen LogP contribution < -0.4 is 5.73 Å². The van der Waals surface area contributed by atoms with E-state index in [1.54, 1.807) is 0 Å². The maximum atomic E-state index is 5.79. The van der Waals surface area contributed by atoms with Crippen molar-refractivity contribution in [3.63, 3.8) is 0 Å². The van der Waals surface area contributed by atoms with E-state index < -0.39 is 0 Å². The van der Waals surface area contributed by atoms with Crippen molar-refractivity contribution in [2.45, 2.75) is 52.1 Å². The van der Waals surface area contributed by atoms with Gasteiger partial charge in [-0.2, -0.15) is 0 Å². The number of rotatable bonds is 3. The van der Waals surface area contributed by atoms with Crippen LogP contribution in [0.4, 0.5) is 0 Å². The average Bonchev–Trinajstić information content (AvgIpc) is 2.28. The Hall–Kier alpha value is -0.0800. The molecule has 0 aromatic heterocycles. The number of likely N-dealkylation sites (N-methyl/N-ethyl adjacent to an activating group) is 1. The predicted octanol–water partition coefficient (Wildman–Crippen LogP) is 1.84. The fraction of sp³-hybridized carbons (Fsp3) is 1.00. The van der Waals surface area contributed by atoms with E-state index >= 15 is 0 Å². The Labute approximate surface area is 82.5 Å². The molecule has 0 aromatic rings. The van der Waals surface area contributed by atoms with Gasteiger partial charge in [-0.3, -0.25) is 0 Å². The van der Waals surface area contributed by atoms with Crippen molar-refractivity contribution in [1.29, 1.82) is 0 Å². The molecule has 0 saturated heterocycles. The third-order valence-corrected chi connectivity index (χ3v) is 3.14. The molecule has 1 rings (SSSR count). The summed E-state index contributed by atoms with van der Waals surface area (Å²) in [5.74, 6) is 0. The molecule has 1 aliphatic carbocycles. The van der Waals surface area contributed by atoms with Crippen molar-refractivity contribution in [3.8, 4) is 0 Å². The summed E-state index contributed by atoms with van der Waals surface area (Å²) in [6.07, 6.45) is 4.04. The second kappa shape index (κ2) is 3.97. The van der Waals surface area contributed by atoms with Gasteiger partial charge >= 0.3 is 0 Å². The molecule has 2 heteroatoms. The number of nitrogens with zero attached hydrogens (tertiary/aromatic N) is 1. The first-order valence-electron chi connectivity index (χ1n) is 5.36. The molecule has 0 radical (unpaired) electrons. The summed E-state index contributed by atoms with van der Waals surface area (Å²) >= 11 is 0. The molecule has 78 valence electrons. The summed E-state index contributed by atoms with van der Waals surface area (Å²) in [5.41, 5.74) is 6.34. The van der Waals surface area contributed by atoms with Crippen LogP contribution in [-0.4, -0.2) is 30.6 Å². The van der Waals surface area contributed by atoms with Gasteiger partial charge in [-0.25, -0.2) is 0 Å². The van der Waals surface area contributed by atoms with E-state index in [-0.39, 0.29) is 0 Å². The van der Waals surface area contributed by atoms with Gasteiger partial charge in [0.2, 0.25) is 0 Å². The fourth-order valence-electron chi connectivity index (χ4n) is 2.38. The van der Waals surface area contributed by atoms with Crippen molar-refractivity contribution in [3.05, 3.63) is 0 Å². The van der Waals surface area contributed by atoms with Gasteiger partial charge in [0.15, 0.2) is 0 Å². The van der Waals surface area contributed by atoms with Crippen molar-refractivity contribution >= 4 is 0 Å². The van der Waals surface area contributed by atoms with E-state index in [1.165, 1.54) is 19.3 Å². The van der Waals surface area contributed by atoms with E-state index in [4.69, 9.17) is 5.73 Å². The van der Waals surface area contributed by atoms with Crippen molar-refractivity contribution in [1.82, 2.24) is 4.90 Å². The van der Waals surface area contributed by atoms with Crippen molar-refractivity contribution in [2.24, 2.45) is 11.1 Å². The SMILES string of the molecule is CC(N)CN(C)C1CCC(C)(C)C1. The lowest BCUT2D eigenvalue weighted by Crippen LogP contribution is -2.38. The standard InChI is InChI=1S/C11H24N2/c1-9(12)8-13(4)10-5-6-11(2,3)7-10/h9-10H,5-8,12H2,1-4H3. The van der Waals surface area contributed by atoms with Crippen LogP contribution in [0.15, 0.2) is 0 Å². The van der Waals surface area contributed by atoms with Crippen molar-refractivity contribution in [2.75, 3.05) is 13.6 Å². The second-order valence-corrected chi connectivity index (χ2v) is 5.48. The Morgan fingerprint density at radius 2 is 2.15 bits per heavy atom. The van der Waals surface area contributed by atoms with E-state index in [0.29, 0.717) is 11.5 Å². The summed E-state index contributed by atoms with van der Waals surface area (Å²) in [7, 11) is 2.20. The highest BCUT2D eigenvalue weighted by Gasteiger charge is 2.32. The zero-order valence-electron chi connectivity index (χ0n) is 9.51. The minimum absolute atomic E-state index is 0.300. The van der Waals surface area contributed by atoms with Crippen LogP contribution in [0.2, 0.25) is 0 Å². The molecule has 13 heavy (non-hydrogen) atoms. The molecule has 2 N–H and O–H groups in total. The van der Waals surface area contributed by atoms with Gasteiger partial charge in [0.25, 0.3) is 0 Å². The number of nitrogens with two attached hydrogens (primary N) is 1. The topological polar surface area (TPSA) is 29.3 Å². The fourth-order valence-corrected chi connectivity index (χ4v) is 2.38. The smallest absolute Gasteiger partial charge is 0.0139 e. The molecular weight excluding hydrogens is 160 g/mol. The Morgan fingerprint density at radius 3 is 2.54 bits per heavy atom. The molecular formula is C11H24N2. The zero-order valence-corrected chi connectivity index (χ0v) is 9.51. The van der Waals surface area contributed by atoms with Gasteiger partial charge in [0.1, 0.15) is 0 Å². The summed E-state index contributed by atoms with van der Waals surface area (Å²) in [6.45, 7) is 7.84. The lowest BCUT2D eigenvalue weighted by atomic mass is 9.91. The first-order valence-corrected chi connectivity index (χ1v) is 5.36. The number of hydrogen-bond acceptors (Lipinski definition) is 2. The summed E-state index contributed by atoms with van der Waals surface area (Å²) in [5, 5.41) is 0. The second-order valence-electron chi connectivity index (χ2n) is 5.48. The predicted molar refractivity (Wildman–Crippen MR) is 57.7 cm³/mol. The molecule has 2 unspecified atom stereocenters. The van der Waals surface area contributed by atoms with Gasteiger partial charge in [-0.15, -0.1) is 0 Å². The molecule has 1 saturated carbocycles. The lowest BCUT2D eigenvalue weighted by molar-refractivity contribution is 0.219. The molecule has 1 aliphatic rings. The van der Waals surface area contributed by atoms with Crippen LogP contribution in [0.5, 0.6) is 0 Å². The summed E-state index contributed by atoms with van der Waals surface area (Å²) < 4.78 is 0. The van der Waals surface area contributed by atoms with Gasteiger partial charge in [-0.05, 0) is 38.6 Å². The van der Waals surface area contributed by atoms with E-state index in [1.807, 2.05) is 0 Å². The van der Waals surface area contributed by atoms with Crippen LogP contribution in [0, 0.1) is 5.41 Å². The van der Waals surface area contributed by atoms with E-state index in [0.717, 1.165) is 12.6 Å². The third-order valence-electron chi connectivity index (χ3n) is 3.14. The van der Waals surface area contributed by atoms with Crippen molar-refractivity contribution < 1.29 is 0 Å². The highest BCUT2D eigenvalue weighted by atomic mass is 15.1. The highest BCUT2D eigenvalue weighted by Crippen LogP contribution is 2.38. The van der Waals surface area contributed by atoms with Gasteiger partial charge < -0.3 is 10.6 Å². The Morgan fingerprint density at radius 1 is 1.54 bits per heavy atom. The monoisotopic (exact) mass is 184 g/mol.